The molecule has 0 N–H and O–H groups in total. The molecular weight excluding hydrogens is 316 g/mol. The predicted molar refractivity (Wildman–Crippen MR) is 94.2 cm³/mol. The van der Waals surface area contributed by atoms with Gasteiger partial charge in [-0.05, 0) is 43.4 Å². The Morgan fingerprint density at radius 2 is 1.96 bits per heavy atom. The Bertz CT molecular complexity index is 662. The van der Waals surface area contributed by atoms with Crippen LogP contribution in [-0.2, 0) is 16.1 Å². The molecule has 0 unspecified atom stereocenters. The van der Waals surface area contributed by atoms with Gasteiger partial charge in [0.2, 0.25) is 5.95 Å². The third-order valence-corrected chi connectivity index (χ3v) is 5.03. The molecule has 1 spiro atoms. The number of ether oxygens (including phenoxy) is 2. The van der Waals surface area contributed by atoms with Gasteiger partial charge in [-0.15, -0.1) is 0 Å². The molecule has 0 amide bonds. The summed E-state index contributed by atoms with van der Waals surface area (Å²) >= 11 is 0. The van der Waals surface area contributed by atoms with E-state index in [0.29, 0.717) is 12.5 Å². The van der Waals surface area contributed by atoms with Crippen LogP contribution in [0.3, 0.4) is 0 Å². The van der Waals surface area contributed by atoms with Crippen LogP contribution >= 0.6 is 0 Å². The lowest BCUT2D eigenvalue weighted by Gasteiger charge is -2.53. The zero-order valence-electron chi connectivity index (χ0n) is 14.4. The fourth-order valence-electron chi connectivity index (χ4n) is 3.75. The Hall–Kier alpha value is -2.05. The Kier molecular flexibility index (Phi) is 4.90. The van der Waals surface area contributed by atoms with E-state index < -0.39 is 0 Å². The molecule has 2 aromatic heterocycles. The molecular formula is C19H24N4O2. The van der Waals surface area contributed by atoms with E-state index in [2.05, 4.69) is 19.9 Å². The topological polar surface area (TPSA) is 60.4 Å². The largest absolute Gasteiger partial charge is 0.375 e. The molecule has 132 valence electrons. The highest BCUT2D eigenvalue weighted by molar-refractivity contribution is 5.37. The monoisotopic (exact) mass is 340 g/mol. The molecule has 0 aromatic carbocycles. The van der Waals surface area contributed by atoms with Gasteiger partial charge < -0.3 is 14.4 Å². The smallest absolute Gasteiger partial charge is 0.225 e. The molecule has 2 aliphatic heterocycles. The van der Waals surface area contributed by atoms with Crippen molar-refractivity contribution in [2.45, 2.75) is 31.5 Å². The minimum Gasteiger partial charge on any atom is -0.375 e. The zero-order valence-corrected chi connectivity index (χ0v) is 14.4. The number of hydrogen-bond donors (Lipinski definition) is 0. The molecule has 2 aromatic rings. The molecule has 4 rings (SSSR count). The van der Waals surface area contributed by atoms with Crippen LogP contribution in [0.2, 0.25) is 0 Å². The Labute approximate surface area is 148 Å². The van der Waals surface area contributed by atoms with Gasteiger partial charge in [0.05, 0.1) is 25.4 Å². The first-order valence-corrected chi connectivity index (χ1v) is 8.97. The highest BCUT2D eigenvalue weighted by Crippen LogP contribution is 2.39. The number of pyridine rings is 1. The van der Waals surface area contributed by atoms with Crippen LogP contribution in [0.15, 0.2) is 42.9 Å². The van der Waals surface area contributed by atoms with Crippen LogP contribution in [-0.4, -0.2) is 46.9 Å². The van der Waals surface area contributed by atoms with Gasteiger partial charge in [-0.25, -0.2) is 9.97 Å². The normalized spacial score (nSPS) is 21.9. The molecule has 0 aliphatic carbocycles. The maximum Gasteiger partial charge on any atom is 0.225 e. The molecule has 2 aliphatic rings. The van der Waals surface area contributed by atoms with Gasteiger partial charge in [-0.2, -0.15) is 0 Å². The van der Waals surface area contributed by atoms with Crippen molar-refractivity contribution in [3.8, 4) is 0 Å². The Morgan fingerprint density at radius 3 is 2.76 bits per heavy atom. The van der Waals surface area contributed by atoms with E-state index in [9.17, 15) is 0 Å². The maximum absolute atomic E-state index is 6.11. The van der Waals surface area contributed by atoms with Gasteiger partial charge >= 0.3 is 0 Å². The van der Waals surface area contributed by atoms with Crippen LogP contribution in [0, 0.1) is 5.92 Å². The summed E-state index contributed by atoms with van der Waals surface area (Å²) < 4.78 is 11.9. The minimum atomic E-state index is -0.0108. The first kappa shape index (κ1) is 16.4. The first-order valence-electron chi connectivity index (χ1n) is 8.97. The van der Waals surface area contributed by atoms with Crippen molar-refractivity contribution in [3.63, 3.8) is 0 Å². The van der Waals surface area contributed by atoms with E-state index in [1.165, 1.54) is 0 Å². The fraction of sp³-hybridized carbons (Fsp3) is 0.526. The van der Waals surface area contributed by atoms with Crippen molar-refractivity contribution >= 4 is 5.95 Å². The Balaban J connectivity index is 1.21. The number of nitrogens with zero attached hydrogens (tertiary/aromatic N) is 4. The molecule has 1 atom stereocenters. The molecule has 0 saturated carbocycles. The van der Waals surface area contributed by atoms with Gasteiger partial charge in [-0.1, -0.05) is 6.07 Å². The molecule has 25 heavy (non-hydrogen) atoms. The average Bonchev–Trinajstić information content (AvgIpc) is 2.65. The molecule has 6 heteroatoms. The lowest BCUT2D eigenvalue weighted by molar-refractivity contribution is -0.116. The molecule has 0 bridgehead atoms. The van der Waals surface area contributed by atoms with Crippen molar-refractivity contribution in [1.82, 2.24) is 15.0 Å². The lowest BCUT2D eigenvalue weighted by Crippen LogP contribution is -2.65. The molecule has 4 heterocycles. The highest BCUT2D eigenvalue weighted by atomic mass is 16.5. The summed E-state index contributed by atoms with van der Waals surface area (Å²) in [5.74, 6) is 1.47. The SMILES string of the molecule is c1ccc(COCC[C@H]2CCOC3(C2)CN(c2ncccn2)C3)nc1. The average molecular weight is 340 g/mol. The van der Waals surface area contributed by atoms with Gasteiger partial charge in [0.25, 0.3) is 0 Å². The lowest BCUT2D eigenvalue weighted by atomic mass is 9.79. The van der Waals surface area contributed by atoms with E-state index in [1.807, 2.05) is 24.3 Å². The summed E-state index contributed by atoms with van der Waals surface area (Å²) in [6, 6.07) is 7.76. The summed E-state index contributed by atoms with van der Waals surface area (Å²) in [6.07, 6.45) is 8.69. The number of rotatable bonds is 6. The van der Waals surface area contributed by atoms with Crippen molar-refractivity contribution in [3.05, 3.63) is 48.5 Å². The third kappa shape index (κ3) is 3.96. The van der Waals surface area contributed by atoms with Crippen LogP contribution in [0.25, 0.3) is 0 Å². The van der Waals surface area contributed by atoms with Crippen LogP contribution in [0.5, 0.6) is 0 Å². The van der Waals surface area contributed by atoms with Crippen molar-refractivity contribution in [2.75, 3.05) is 31.2 Å². The summed E-state index contributed by atoms with van der Waals surface area (Å²) in [5, 5.41) is 0. The predicted octanol–water partition coefficient (Wildman–Crippen LogP) is 2.46. The number of anilines is 1. The standard InChI is InChI=1S/C19H24N4O2/c1-2-7-20-17(4-1)13-24-10-5-16-6-11-25-19(12-16)14-23(15-19)18-21-8-3-9-22-18/h1-4,7-9,16H,5-6,10-15H2/t16-/m0/s1. The summed E-state index contributed by atoms with van der Waals surface area (Å²) in [7, 11) is 0. The van der Waals surface area contributed by atoms with E-state index in [4.69, 9.17) is 9.47 Å². The molecule has 0 radical (unpaired) electrons. The highest BCUT2D eigenvalue weighted by Gasteiger charge is 2.48. The first-order chi connectivity index (χ1) is 12.3. The van der Waals surface area contributed by atoms with E-state index >= 15 is 0 Å². The van der Waals surface area contributed by atoms with Gasteiger partial charge in [0.1, 0.15) is 5.60 Å². The van der Waals surface area contributed by atoms with Crippen molar-refractivity contribution in [2.24, 2.45) is 5.92 Å². The number of aromatic nitrogens is 3. The second-order valence-corrected chi connectivity index (χ2v) is 6.96. The van der Waals surface area contributed by atoms with E-state index in [-0.39, 0.29) is 5.60 Å². The molecule has 2 saturated heterocycles. The van der Waals surface area contributed by atoms with Crippen molar-refractivity contribution in [1.29, 1.82) is 0 Å². The van der Waals surface area contributed by atoms with Crippen LogP contribution in [0.1, 0.15) is 25.0 Å². The zero-order chi connectivity index (χ0) is 17.0. The minimum absolute atomic E-state index is 0.0108. The quantitative estimate of drug-likeness (QED) is 0.753. The summed E-state index contributed by atoms with van der Waals surface area (Å²) in [5.41, 5.74) is 0.978. The maximum atomic E-state index is 6.11. The molecule has 2 fully saturated rings. The van der Waals surface area contributed by atoms with Gasteiger partial charge in [0, 0.05) is 31.8 Å². The van der Waals surface area contributed by atoms with Gasteiger partial charge in [-0.3, -0.25) is 4.98 Å². The Morgan fingerprint density at radius 1 is 1.12 bits per heavy atom. The summed E-state index contributed by atoms with van der Waals surface area (Å²) in [6.45, 7) is 4.00. The third-order valence-electron chi connectivity index (χ3n) is 5.03. The van der Waals surface area contributed by atoms with Crippen molar-refractivity contribution < 1.29 is 9.47 Å². The summed E-state index contributed by atoms with van der Waals surface area (Å²) in [4.78, 5) is 15.1. The molecule has 6 nitrogen and oxygen atoms in total. The second kappa shape index (κ2) is 7.45. The van der Waals surface area contributed by atoms with Gasteiger partial charge in [0.15, 0.2) is 0 Å². The van der Waals surface area contributed by atoms with E-state index in [1.54, 1.807) is 18.6 Å². The fourth-order valence-corrected chi connectivity index (χ4v) is 3.75. The second-order valence-electron chi connectivity index (χ2n) is 6.96. The number of hydrogen-bond acceptors (Lipinski definition) is 6. The van der Waals surface area contributed by atoms with E-state index in [0.717, 1.165) is 57.2 Å². The van der Waals surface area contributed by atoms with Crippen LogP contribution < -0.4 is 4.90 Å². The van der Waals surface area contributed by atoms with Crippen LogP contribution in [0.4, 0.5) is 5.95 Å².